The summed E-state index contributed by atoms with van der Waals surface area (Å²) >= 11 is 0. The Morgan fingerprint density at radius 2 is 1.92 bits per heavy atom. The van der Waals surface area contributed by atoms with Crippen LogP contribution in [-0.2, 0) is 4.74 Å². The van der Waals surface area contributed by atoms with E-state index in [-0.39, 0.29) is 23.2 Å². The first kappa shape index (κ1) is 23.4. The Hall–Kier alpha value is -3.97. The molecule has 2 N–H and O–H groups in total. The number of aromatic amines is 1. The molecule has 0 aromatic carbocycles. The van der Waals surface area contributed by atoms with Crippen LogP contribution in [0, 0.1) is 5.95 Å². The van der Waals surface area contributed by atoms with Gasteiger partial charge in [-0.25, -0.2) is 4.98 Å². The second-order valence-corrected chi connectivity index (χ2v) is 9.16. The van der Waals surface area contributed by atoms with E-state index in [0.29, 0.717) is 23.1 Å². The van der Waals surface area contributed by atoms with Gasteiger partial charge in [0.15, 0.2) is 5.69 Å². The molecule has 4 aromatic heterocycles. The first-order valence-electron chi connectivity index (χ1n) is 12.3. The number of oxazole rings is 1. The van der Waals surface area contributed by atoms with Crippen molar-refractivity contribution in [3.63, 3.8) is 0 Å². The zero-order valence-corrected chi connectivity index (χ0v) is 20.0. The molecule has 5 heterocycles. The van der Waals surface area contributed by atoms with E-state index in [9.17, 15) is 9.18 Å². The van der Waals surface area contributed by atoms with Gasteiger partial charge in [0.1, 0.15) is 23.2 Å². The van der Waals surface area contributed by atoms with Crippen LogP contribution in [0.25, 0.3) is 22.8 Å². The van der Waals surface area contributed by atoms with Crippen molar-refractivity contribution in [1.29, 1.82) is 0 Å². The molecule has 6 rings (SSSR count). The Bertz CT molecular complexity index is 1350. The Balaban J connectivity index is 1.21. The molecule has 1 saturated heterocycles. The van der Waals surface area contributed by atoms with Gasteiger partial charge in [0.2, 0.25) is 11.8 Å². The van der Waals surface area contributed by atoms with E-state index in [1.807, 2.05) is 10.9 Å². The zero-order chi connectivity index (χ0) is 25.2. The molecule has 1 amide bonds. The van der Waals surface area contributed by atoms with Gasteiger partial charge in [-0.05, 0) is 25.7 Å². The van der Waals surface area contributed by atoms with Gasteiger partial charge in [-0.15, -0.1) is 0 Å². The molecule has 0 radical (unpaired) electrons. The number of hydrogen-bond donors (Lipinski definition) is 2. The minimum Gasteiger partial charge on any atom is -0.443 e. The van der Waals surface area contributed by atoms with E-state index in [2.05, 4.69) is 35.4 Å². The summed E-state index contributed by atoms with van der Waals surface area (Å²) in [5.74, 6) is -1.25. The largest absolute Gasteiger partial charge is 0.443 e. The molecule has 4 aromatic rings. The Morgan fingerprint density at radius 1 is 1.11 bits per heavy atom. The number of H-pyrrole nitrogens is 1. The monoisotopic (exact) mass is 507 g/mol. The Morgan fingerprint density at radius 3 is 2.65 bits per heavy atom. The summed E-state index contributed by atoms with van der Waals surface area (Å²) in [6.07, 6.45) is 13.2. The molecule has 0 unspecified atom stereocenters. The van der Waals surface area contributed by atoms with Crippen molar-refractivity contribution in [2.45, 2.75) is 37.8 Å². The molecule has 1 saturated carbocycles. The van der Waals surface area contributed by atoms with Gasteiger partial charge in [-0.2, -0.15) is 14.6 Å². The van der Waals surface area contributed by atoms with Crippen LogP contribution in [-0.4, -0.2) is 78.1 Å². The number of halogens is 1. The average Bonchev–Trinajstić information content (AvgIpc) is 3.70. The maximum atomic E-state index is 13.8. The molecule has 1 aliphatic heterocycles. The van der Waals surface area contributed by atoms with Gasteiger partial charge in [-0.3, -0.25) is 29.4 Å². The van der Waals surface area contributed by atoms with Crippen molar-refractivity contribution in [3.05, 3.63) is 48.9 Å². The SMILES string of the molecule is O=C(Nc1cn(C2CCC(N3CCOCC3)CC2)nc1-c1cnccn1)c1coc(-c2cn[nH]c2F)n1. The minimum absolute atomic E-state index is 0.000495. The number of aromatic nitrogens is 7. The number of ether oxygens (including phenoxy) is 1. The van der Waals surface area contributed by atoms with Crippen LogP contribution in [0.2, 0.25) is 0 Å². The minimum atomic E-state index is -0.691. The van der Waals surface area contributed by atoms with Crippen molar-refractivity contribution in [1.82, 2.24) is 39.8 Å². The van der Waals surface area contributed by atoms with Gasteiger partial charge in [0.05, 0.1) is 37.3 Å². The lowest BCUT2D eigenvalue weighted by Gasteiger charge is -2.38. The summed E-state index contributed by atoms with van der Waals surface area (Å²) in [4.78, 5) is 28.2. The number of carbonyl (C=O) groups is 1. The fourth-order valence-corrected chi connectivity index (χ4v) is 5.02. The van der Waals surface area contributed by atoms with Gasteiger partial charge in [0, 0.05) is 37.7 Å². The number of hydrogen-bond acceptors (Lipinski definition) is 9. The Kier molecular flexibility index (Phi) is 6.45. The summed E-state index contributed by atoms with van der Waals surface area (Å²) in [5.41, 5.74) is 1.58. The topological polar surface area (TPSA) is 140 Å². The molecule has 2 fully saturated rings. The lowest BCUT2D eigenvalue weighted by atomic mass is 9.90. The first-order valence-corrected chi connectivity index (χ1v) is 12.3. The molecule has 13 heteroatoms. The predicted octanol–water partition coefficient (Wildman–Crippen LogP) is 2.93. The highest BCUT2D eigenvalue weighted by Crippen LogP contribution is 2.34. The summed E-state index contributed by atoms with van der Waals surface area (Å²) in [5, 5.41) is 13.5. The molecule has 2 aliphatic rings. The van der Waals surface area contributed by atoms with Crippen LogP contribution < -0.4 is 5.32 Å². The highest BCUT2D eigenvalue weighted by Gasteiger charge is 2.29. The highest BCUT2D eigenvalue weighted by molar-refractivity contribution is 6.04. The van der Waals surface area contributed by atoms with E-state index >= 15 is 0 Å². The molecule has 0 atom stereocenters. The van der Waals surface area contributed by atoms with E-state index in [0.717, 1.165) is 52.0 Å². The molecule has 12 nitrogen and oxygen atoms in total. The third kappa shape index (κ3) is 4.87. The number of carbonyl (C=O) groups excluding carboxylic acids is 1. The Labute approximate surface area is 211 Å². The van der Waals surface area contributed by atoms with E-state index in [1.54, 1.807) is 18.6 Å². The normalized spacial score (nSPS) is 20.7. The lowest BCUT2D eigenvalue weighted by molar-refractivity contribution is 0.00507. The zero-order valence-electron chi connectivity index (χ0n) is 20.0. The van der Waals surface area contributed by atoms with Crippen LogP contribution >= 0.6 is 0 Å². The molecular formula is C24H26FN9O3. The van der Waals surface area contributed by atoms with Crippen LogP contribution in [0.4, 0.5) is 10.1 Å². The number of amides is 1. The van der Waals surface area contributed by atoms with Crippen molar-refractivity contribution in [2.24, 2.45) is 0 Å². The number of morpholine rings is 1. The van der Waals surface area contributed by atoms with Crippen molar-refractivity contribution < 1.29 is 18.3 Å². The fourth-order valence-electron chi connectivity index (χ4n) is 5.02. The number of nitrogens with zero attached hydrogens (tertiary/aromatic N) is 7. The lowest BCUT2D eigenvalue weighted by Crippen LogP contribution is -2.45. The molecule has 1 aliphatic carbocycles. The van der Waals surface area contributed by atoms with Gasteiger partial charge >= 0.3 is 0 Å². The maximum Gasteiger partial charge on any atom is 0.277 e. The number of nitrogens with one attached hydrogen (secondary N) is 2. The van der Waals surface area contributed by atoms with Crippen LogP contribution in [0.3, 0.4) is 0 Å². The van der Waals surface area contributed by atoms with Gasteiger partial charge < -0.3 is 14.5 Å². The second-order valence-electron chi connectivity index (χ2n) is 9.16. The van der Waals surface area contributed by atoms with E-state index in [4.69, 9.17) is 14.3 Å². The predicted molar refractivity (Wildman–Crippen MR) is 129 cm³/mol. The van der Waals surface area contributed by atoms with Crippen molar-refractivity contribution >= 4 is 11.6 Å². The van der Waals surface area contributed by atoms with E-state index < -0.39 is 11.9 Å². The summed E-state index contributed by atoms with van der Waals surface area (Å²) in [6.45, 7) is 3.57. The second kappa shape index (κ2) is 10.2. The van der Waals surface area contributed by atoms with Crippen LogP contribution in [0.1, 0.15) is 42.2 Å². The van der Waals surface area contributed by atoms with Crippen LogP contribution in [0.5, 0.6) is 0 Å². The van der Waals surface area contributed by atoms with E-state index in [1.165, 1.54) is 12.5 Å². The molecule has 0 spiro atoms. The summed E-state index contributed by atoms with van der Waals surface area (Å²) in [7, 11) is 0. The molecule has 0 bridgehead atoms. The smallest absolute Gasteiger partial charge is 0.277 e. The molecule has 192 valence electrons. The number of anilines is 1. The first-order chi connectivity index (χ1) is 18.2. The van der Waals surface area contributed by atoms with Crippen molar-refractivity contribution in [3.8, 4) is 22.8 Å². The quantitative estimate of drug-likeness (QED) is 0.403. The molecular weight excluding hydrogens is 481 g/mol. The summed E-state index contributed by atoms with van der Waals surface area (Å²) in [6, 6.07) is 0.775. The third-order valence-electron chi connectivity index (χ3n) is 6.95. The highest BCUT2D eigenvalue weighted by atomic mass is 19.1. The fraction of sp³-hybridized carbons (Fsp3) is 0.417. The number of rotatable bonds is 6. The van der Waals surface area contributed by atoms with Crippen LogP contribution in [0.15, 0.2) is 41.7 Å². The standard InChI is InChI=1S/C24H26FN9O3/c25-22-17(11-28-31-22)24-30-20(14-37-24)23(35)29-19-13-34(32-21(19)18-12-26-5-6-27-18)16-3-1-15(2-4-16)33-7-9-36-10-8-33/h5-6,11-16H,1-4,7-10H2,(H,28,31)(H,29,35). The third-order valence-corrected chi connectivity index (χ3v) is 6.95. The maximum absolute atomic E-state index is 13.8. The average molecular weight is 508 g/mol. The van der Waals surface area contributed by atoms with Crippen molar-refractivity contribution in [2.75, 3.05) is 31.6 Å². The van der Waals surface area contributed by atoms with Gasteiger partial charge in [-0.1, -0.05) is 0 Å². The van der Waals surface area contributed by atoms with Gasteiger partial charge in [0.25, 0.3) is 5.91 Å². The summed E-state index contributed by atoms with van der Waals surface area (Å²) < 4.78 is 26.5. The molecule has 37 heavy (non-hydrogen) atoms.